The Balaban J connectivity index is 1.47. The highest BCUT2D eigenvalue weighted by Crippen LogP contribution is 2.49. The molecule has 3 aliphatic rings. The van der Waals surface area contributed by atoms with Crippen LogP contribution >= 0.6 is 0 Å². The summed E-state index contributed by atoms with van der Waals surface area (Å²) >= 11 is 0. The van der Waals surface area contributed by atoms with Crippen molar-refractivity contribution in [1.29, 1.82) is 0 Å². The number of carbonyl (C=O) groups is 2. The minimum Gasteiger partial charge on any atom is -0.434 e. The Hall–Kier alpha value is -3.93. The van der Waals surface area contributed by atoms with Crippen molar-refractivity contribution in [1.82, 2.24) is 19.4 Å². The summed E-state index contributed by atoms with van der Waals surface area (Å²) in [5.74, 6) is 5.99. The highest BCUT2D eigenvalue weighted by molar-refractivity contribution is 5.97. The number of imidazole rings is 1. The van der Waals surface area contributed by atoms with Crippen LogP contribution in [0.1, 0.15) is 69.7 Å². The highest BCUT2D eigenvalue weighted by Gasteiger charge is 2.45. The van der Waals surface area contributed by atoms with Gasteiger partial charge in [-0.2, -0.15) is 8.78 Å². The molecule has 0 spiro atoms. The molecule has 0 N–H and O–H groups in total. The first-order chi connectivity index (χ1) is 19.0. The summed E-state index contributed by atoms with van der Waals surface area (Å²) < 4.78 is 57.8. The number of alkyl halides is 2. The van der Waals surface area contributed by atoms with Crippen LogP contribution in [0.3, 0.4) is 0 Å². The quantitative estimate of drug-likeness (QED) is 0.484. The Morgan fingerprint density at radius 3 is 2.92 bits per heavy atom. The fraction of sp³-hybridized carbons (Fsp3) is 0.393. The van der Waals surface area contributed by atoms with Gasteiger partial charge in [-0.15, -0.1) is 0 Å². The number of ether oxygens (including phenoxy) is 1. The third-order valence-electron chi connectivity index (χ3n) is 7.44. The predicted molar refractivity (Wildman–Crippen MR) is 132 cm³/mol. The molecule has 3 aromatic rings. The van der Waals surface area contributed by atoms with E-state index < -0.39 is 31.6 Å². The van der Waals surface area contributed by atoms with Gasteiger partial charge in [-0.3, -0.25) is 9.59 Å². The molecule has 37 heavy (non-hydrogen) atoms. The largest absolute Gasteiger partial charge is 0.434 e. The second-order valence-corrected chi connectivity index (χ2v) is 9.66. The van der Waals surface area contributed by atoms with E-state index in [1.54, 1.807) is 17.9 Å². The SMILES string of the molecule is [2H]C([2H])([2H])N1C(=O)c2cccc(OC(F)F)c2[C@H]2C[C@@H]1c1nc3ccc(C#CC4CCCN(C(C)=O)C4)cc3n12. The maximum absolute atomic E-state index is 13.5. The number of hydrogen-bond donors (Lipinski definition) is 0. The molecule has 1 saturated heterocycles. The monoisotopic (exact) mass is 507 g/mol. The molecule has 0 radical (unpaired) electrons. The molecule has 4 heterocycles. The molecular weight excluding hydrogens is 478 g/mol. The number of rotatable bonds is 2. The van der Waals surface area contributed by atoms with E-state index in [2.05, 4.69) is 11.8 Å². The number of fused-ring (bicyclic) bond motifs is 9. The van der Waals surface area contributed by atoms with Crippen molar-refractivity contribution in [3.8, 4) is 17.6 Å². The van der Waals surface area contributed by atoms with Crippen LogP contribution in [0.5, 0.6) is 5.75 Å². The van der Waals surface area contributed by atoms with Gasteiger partial charge in [0.1, 0.15) is 11.6 Å². The zero-order valence-electron chi connectivity index (χ0n) is 23.1. The van der Waals surface area contributed by atoms with Crippen LogP contribution in [0, 0.1) is 17.8 Å². The highest BCUT2D eigenvalue weighted by atomic mass is 19.3. The number of piperidine rings is 1. The molecule has 190 valence electrons. The Labute approximate surface area is 217 Å². The van der Waals surface area contributed by atoms with Gasteiger partial charge in [0.25, 0.3) is 5.91 Å². The van der Waals surface area contributed by atoms with Gasteiger partial charge in [0, 0.05) is 60.1 Å². The number of likely N-dealkylation sites (tertiary alicyclic amines) is 1. The van der Waals surface area contributed by atoms with Crippen molar-refractivity contribution in [3.05, 3.63) is 58.9 Å². The van der Waals surface area contributed by atoms with Crippen LogP contribution < -0.4 is 4.74 Å². The van der Waals surface area contributed by atoms with Crippen molar-refractivity contribution >= 4 is 22.8 Å². The molecule has 2 bridgehead atoms. The molecule has 9 heteroatoms. The number of halogens is 2. The number of amides is 2. The Morgan fingerprint density at radius 2 is 2.14 bits per heavy atom. The molecular formula is C28H26F2N4O3. The van der Waals surface area contributed by atoms with Crippen LogP contribution in [0.25, 0.3) is 11.0 Å². The lowest BCUT2D eigenvalue weighted by molar-refractivity contribution is -0.130. The number of hydrogen-bond acceptors (Lipinski definition) is 4. The first-order valence-corrected chi connectivity index (χ1v) is 12.2. The summed E-state index contributed by atoms with van der Waals surface area (Å²) in [4.78, 5) is 32.7. The van der Waals surface area contributed by atoms with Crippen molar-refractivity contribution in [3.63, 3.8) is 0 Å². The molecule has 0 saturated carbocycles. The average Bonchev–Trinajstić information content (AvgIpc) is 3.39. The average molecular weight is 508 g/mol. The van der Waals surface area contributed by atoms with Gasteiger partial charge in [-0.1, -0.05) is 17.9 Å². The van der Waals surface area contributed by atoms with E-state index in [-0.39, 0.29) is 35.1 Å². The number of benzene rings is 2. The van der Waals surface area contributed by atoms with Crippen molar-refractivity contribution in [2.24, 2.45) is 5.92 Å². The second-order valence-electron chi connectivity index (χ2n) is 9.66. The summed E-state index contributed by atoms with van der Waals surface area (Å²) in [6, 6.07) is 8.11. The van der Waals surface area contributed by atoms with Gasteiger partial charge in [-0.05, 0) is 43.2 Å². The topological polar surface area (TPSA) is 67.7 Å². The van der Waals surface area contributed by atoms with E-state index in [9.17, 15) is 18.4 Å². The van der Waals surface area contributed by atoms with Gasteiger partial charge >= 0.3 is 6.61 Å². The smallest absolute Gasteiger partial charge is 0.387 e. The molecule has 3 atom stereocenters. The summed E-state index contributed by atoms with van der Waals surface area (Å²) in [5.41, 5.74) is 2.16. The van der Waals surface area contributed by atoms with Crippen molar-refractivity contribution in [2.45, 2.75) is 44.9 Å². The van der Waals surface area contributed by atoms with Gasteiger partial charge in [0.05, 0.1) is 23.1 Å². The fourth-order valence-corrected chi connectivity index (χ4v) is 5.75. The fourth-order valence-electron chi connectivity index (χ4n) is 5.75. The van der Waals surface area contributed by atoms with E-state index in [1.807, 2.05) is 16.7 Å². The molecule has 1 fully saturated rings. The first-order valence-electron chi connectivity index (χ1n) is 13.7. The minimum atomic E-state index is -3.12. The molecule has 3 aliphatic heterocycles. The molecule has 2 aromatic carbocycles. The molecule has 6 rings (SSSR count). The van der Waals surface area contributed by atoms with Gasteiger partial charge in [0.15, 0.2) is 0 Å². The van der Waals surface area contributed by atoms with Crippen LogP contribution in [0.15, 0.2) is 36.4 Å². The third-order valence-corrected chi connectivity index (χ3v) is 7.44. The van der Waals surface area contributed by atoms with E-state index in [4.69, 9.17) is 13.8 Å². The Kier molecular flexibility index (Phi) is 4.84. The molecule has 1 unspecified atom stereocenters. The van der Waals surface area contributed by atoms with E-state index >= 15 is 0 Å². The Morgan fingerprint density at radius 1 is 1.27 bits per heavy atom. The summed E-state index contributed by atoms with van der Waals surface area (Å²) in [6.07, 6.45) is 1.93. The summed E-state index contributed by atoms with van der Waals surface area (Å²) in [6.45, 7) is -3.04. The minimum absolute atomic E-state index is 0.0116. The zero-order valence-corrected chi connectivity index (χ0v) is 20.1. The molecule has 2 amide bonds. The van der Waals surface area contributed by atoms with E-state index in [0.29, 0.717) is 29.0 Å². The number of nitrogens with zero attached hydrogens (tertiary/aromatic N) is 4. The van der Waals surface area contributed by atoms with Gasteiger partial charge in [0.2, 0.25) is 5.91 Å². The summed E-state index contributed by atoms with van der Waals surface area (Å²) in [5, 5.41) is 0. The maximum Gasteiger partial charge on any atom is 0.387 e. The summed E-state index contributed by atoms with van der Waals surface area (Å²) in [7, 11) is 0. The number of carbonyl (C=O) groups excluding carboxylic acids is 2. The van der Waals surface area contributed by atoms with Crippen molar-refractivity contribution in [2.75, 3.05) is 20.1 Å². The lowest BCUT2D eigenvalue weighted by atomic mass is 9.97. The lowest BCUT2D eigenvalue weighted by Gasteiger charge is -2.29. The first kappa shape index (κ1) is 20.2. The molecule has 7 nitrogen and oxygen atoms in total. The molecule has 0 aliphatic carbocycles. The van der Waals surface area contributed by atoms with Gasteiger partial charge < -0.3 is 19.1 Å². The lowest BCUT2D eigenvalue weighted by Crippen LogP contribution is -2.38. The van der Waals surface area contributed by atoms with E-state index in [1.165, 1.54) is 18.2 Å². The number of aromatic nitrogens is 2. The van der Waals surface area contributed by atoms with Crippen molar-refractivity contribution < 1.29 is 27.2 Å². The van der Waals surface area contributed by atoms with E-state index in [0.717, 1.165) is 24.3 Å². The normalized spacial score (nSPS) is 23.9. The maximum atomic E-state index is 13.5. The Bertz CT molecular complexity index is 1590. The molecule has 1 aromatic heterocycles. The zero-order chi connectivity index (χ0) is 28.3. The van der Waals surface area contributed by atoms with Crippen LogP contribution in [-0.4, -0.2) is 57.8 Å². The van der Waals surface area contributed by atoms with Crippen LogP contribution in [0.4, 0.5) is 8.78 Å². The van der Waals surface area contributed by atoms with Crippen LogP contribution in [-0.2, 0) is 4.79 Å². The third kappa shape index (κ3) is 3.91. The second kappa shape index (κ2) is 8.87. The van der Waals surface area contributed by atoms with Gasteiger partial charge in [-0.25, -0.2) is 4.98 Å². The predicted octanol–water partition coefficient (Wildman–Crippen LogP) is 4.37. The van der Waals surface area contributed by atoms with Crippen LogP contribution in [0.2, 0.25) is 0 Å². The standard InChI is InChI=1S/C28H26F2N4O3/c1-16(35)33-12-4-5-18(15-33)9-8-17-10-11-20-21(13-17)34-22-14-23(26(34)31-20)32(2)27(36)19-6-3-7-24(25(19)22)37-28(29)30/h3,6-7,10-11,13,18,22-23,28H,4-5,12,14-15H2,1-2H3/t18?,22-,23-/m1/s1/i2D3.